The summed E-state index contributed by atoms with van der Waals surface area (Å²) in [5.74, 6) is -0.153. The molecule has 2 atom stereocenters. The van der Waals surface area contributed by atoms with Gasteiger partial charge in [0.1, 0.15) is 5.76 Å². The molecular weight excluding hydrogens is 392 g/mol. The van der Waals surface area contributed by atoms with E-state index in [1.807, 2.05) is 0 Å². The van der Waals surface area contributed by atoms with Gasteiger partial charge in [0.15, 0.2) is 0 Å². The highest BCUT2D eigenvalue weighted by Gasteiger charge is 2.47. The molecule has 1 aromatic heterocycles. The van der Waals surface area contributed by atoms with E-state index in [9.17, 15) is 18.0 Å². The van der Waals surface area contributed by atoms with Gasteiger partial charge in [-0.1, -0.05) is 25.0 Å². The highest BCUT2D eigenvalue weighted by Crippen LogP contribution is 2.38. The molecule has 29 heavy (non-hydrogen) atoms. The van der Waals surface area contributed by atoms with Crippen molar-refractivity contribution < 1.29 is 22.4 Å². The Morgan fingerprint density at radius 3 is 2.41 bits per heavy atom. The molecule has 0 radical (unpaired) electrons. The highest BCUT2D eigenvalue weighted by atomic mass is 32.2. The quantitative estimate of drug-likeness (QED) is 0.731. The summed E-state index contributed by atoms with van der Waals surface area (Å²) in [5.41, 5.74) is 1.21. The van der Waals surface area contributed by atoms with E-state index in [1.54, 1.807) is 37.3 Å². The van der Waals surface area contributed by atoms with Gasteiger partial charge in [-0.3, -0.25) is 14.5 Å². The summed E-state index contributed by atoms with van der Waals surface area (Å²) in [5, 5.41) is 0. The van der Waals surface area contributed by atoms with Gasteiger partial charge in [0.05, 0.1) is 36.1 Å². The number of hydrogen-bond acceptors (Lipinski definition) is 5. The van der Waals surface area contributed by atoms with Crippen molar-refractivity contribution in [3.63, 3.8) is 0 Å². The zero-order valence-corrected chi connectivity index (χ0v) is 17.1. The number of hydrogen-bond donors (Lipinski definition) is 1. The maximum atomic E-state index is 12.8. The first-order chi connectivity index (χ1) is 13.9. The Bertz CT molecular complexity index is 1010. The number of amides is 2. The van der Waals surface area contributed by atoms with E-state index in [-0.39, 0.29) is 41.6 Å². The molecule has 8 heteroatoms. The predicted molar refractivity (Wildman–Crippen MR) is 105 cm³/mol. The van der Waals surface area contributed by atoms with Gasteiger partial charge in [-0.25, -0.2) is 13.1 Å². The Balaban J connectivity index is 1.54. The van der Waals surface area contributed by atoms with Crippen molar-refractivity contribution in [1.29, 1.82) is 0 Å². The summed E-state index contributed by atoms with van der Waals surface area (Å²) in [6.45, 7) is 1.86. The van der Waals surface area contributed by atoms with Crippen LogP contribution in [0.2, 0.25) is 0 Å². The minimum atomic E-state index is -3.77. The zero-order valence-electron chi connectivity index (χ0n) is 16.3. The summed E-state index contributed by atoms with van der Waals surface area (Å²) >= 11 is 0. The van der Waals surface area contributed by atoms with E-state index >= 15 is 0 Å². The molecule has 2 aliphatic rings. The third-order valence-electron chi connectivity index (χ3n) is 5.83. The number of furan rings is 1. The lowest BCUT2D eigenvalue weighted by atomic mass is 9.81. The van der Waals surface area contributed by atoms with E-state index in [0.717, 1.165) is 25.7 Å². The van der Waals surface area contributed by atoms with Crippen molar-refractivity contribution >= 4 is 21.8 Å². The van der Waals surface area contributed by atoms with Crippen LogP contribution in [0.25, 0.3) is 0 Å². The van der Waals surface area contributed by atoms with Crippen molar-refractivity contribution in [2.45, 2.75) is 50.6 Å². The van der Waals surface area contributed by atoms with Crippen LogP contribution in [0.5, 0.6) is 0 Å². The van der Waals surface area contributed by atoms with E-state index in [4.69, 9.17) is 4.42 Å². The molecule has 2 amide bonds. The molecule has 0 spiro atoms. The normalized spacial score (nSPS) is 22.2. The van der Waals surface area contributed by atoms with E-state index < -0.39 is 10.0 Å². The minimum absolute atomic E-state index is 0.0471. The Morgan fingerprint density at radius 1 is 1.10 bits per heavy atom. The van der Waals surface area contributed by atoms with Gasteiger partial charge in [0.2, 0.25) is 21.8 Å². The van der Waals surface area contributed by atoms with Gasteiger partial charge in [-0.05, 0) is 49.1 Å². The second-order valence-electron chi connectivity index (χ2n) is 7.76. The lowest BCUT2D eigenvalue weighted by Crippen LogP contribution is -2.30. The molecule has 2 heterocycles. The van der Waals surface area contributed by atoms with Gasteiger partial charge in [-0.15, -0.1) is 0 Å². The largest absolute Gasteiger partial charge is 0.468 e. The van der Waals surface area contributed by atoms with E-state index in [1.165, 1.54) is 11.2 Å². The number of nitrogens with one attached hydrogen (secondary N) is 1. The smallest absolute Gasteiger partial charge is 0.241 e. The number of sulfonamides is 1. The molecule has 0 bridgehead atoms. The first-order valence-corrected chi connectivity index (χ1v) is 11.3. The molecule has 1 saturated carbocycles. The standard InChI is InChI=1S/C21H24N2O5S/c1-14-8-9-15(11-19(14)29(26,27)22-12-16-5-4-10-28-16)13-23-20(24)17-6-2-3-7-18(17)21(23)25/h4-5,8-11,17-18,22H,2-3,6-7,12-13H2,1H3/t17-,18-/m1/s1. The summed E-state index contributed by atoms with van der Waals surface area (Å²) in [6.07, 6.45) is 4.95. The Morgan fingerprint density at radius 2 is 1.79 bits per heavy atom. The van der Waals surface area contributed by atoms with Crippen LogP contribution in [-0.2, 0) is 32.7 Å². The van der Waals surface area contributed by atoms with Crippen molar-refractivity contribution in [2.75, 3.05) is 0 Å². The van der Waals surface area contributed by atoms with Crippen LogP contribution < -0.4 is 4.72 Å². The molecule has 1 aliphatic carbocycles. The monoisotopic (exact) mass is 416 g/mol. The number of fused-ring (bicyclic) bond motifs is 1. The van der Waals surface area contributed by atoms with Crippen molar-refractivity contribution in [2.24, 2.45) is 11.8 Å². The fraction of sp³-hybridized carbons (Fsp3) is 0.429. The van der Waals surface area contributed by atoms with Crippen molar-refractivity contribution in [1.82, 2.24) is 9.62 Å². The van der Waals surface area contributed by atoms with Crippen LogP contribution in [0, 0.1) is 18.8 Å². The highest BCUT2D eigenvalue weighted by molar-refractivity contribution is 7.89. The number of imide groups is 1. The Labute approximate surface area is 170 Å². The Hall–Kier alpha value is -2.45. The lowest BCUT2D eigenvalue weighted by molar-refractivity contribution is -0.140. The average molecular weight is 416 g/mol. The minimum Gasteiger partial charge on any atom is -0.468 e. The van der Waals surface area contributed by atoms with Crippen LogP contribution in [-0.4, -0.2) is 25.1 Å². The topological polar surface area (TPSA) is 96.7 Å². The molecule has 1 aromatic carbocycles. The fourth-order valence-corrected chi connectivity index (χ4v) is 5.55. The van der Waals surface area contributed by atoms with Crippen LogP contribution in [0.4, 0.5) is 0 Å². The van der Waals surface area contributed by atoms with Gasteiger partial charge < -0.3 is 4.42 Å². The summed E-state index contributed by atoms with van der Waals surface area (Å²) < 4.78 is 33.2. The van der Waals surface area contributed by atoms with Gasteiger partial charge in [0.25, 0.3) is 0 Å². The number of carbonyl (C=O) groups excluding carboxylic acids is 2. The fourth-order valence-electron chi connectivity index (χ4n) is 4.26. The van der Waals surface area contributed by atoms with Gasteiger partial charge in [0, 0.05) is 0 Å². The number of likely N-dealkylation sites (tertiary alicyclic amines) is 1. The van der Waals surface area contributed by atoms with Crippen molar-refractivity contribution in [3.8, 4) is 0 Å². The number of nitrogens with zero attached hydrogens (tertiary/aromatic N) is 1. The number of benzene rings is 1. The predicted octanol–water partition coefficient (Wildman–Crippen LogP) is 2.74. The van der Waals surface area contributed by atoms with Crippen LogP contribution in [0.15, 0.2) is 45.9 Å². The van der Waals surface area contributed by atoms with E-state index in [0.29, 0.717) is 16.9 Å². The summed E-state index contributed by atoms with van der Waals surface area (Å²) in [7, 11) is -3.77. The van der Waals surface area contributed by atoms with E-state index in [2.05, 4.69) is 4.72 Å². The SMILES string of the molecule is Cc1ccc(CN2C(=O)[C@@H]3CCCC[C@H]3C2=O)cc1S(=O)(=O)NCc1ccco1. The van der Waals surface area contributed by atoms with Crippen LogP contribution in [0.1, 0.15) is 42.6 Å². The molecule has 4 rings (SSSR count). The molecule has 7 nitrogen and oxygen atoms in total. The first kappa shape index (κ1) is 19.8. The maximum absolute atomic E-state index is 12.8. The van der Waals surface area contributed by atoms with Gasteiger partial charge >= 0.3 is 0 Å². The number of carbonyl (C=O) groups is 2. The average Bonchev–Trinajstić information content (AvgIpc) is 3.31. The second-order valence-corrected chi connectivity index (χ2v) is 9.50. The van der Waals surface area contributed by atoms with Crippen LogP contribution >= 0.6 is 0 Å². The molecule has 2 fully saturated rings. The second kappa shape index (κ2) is 7.76. The molecule has 154 valence electrons. The summed E-state index contributed by atoms with van der Waals surface area (Å²) in [4.78, 5) is 26.8. The molecule has 1 aliphatic heterocycles. The lowest BCUT2D eigenvalue weighted by Gasteiger charge is -2.19. The zero-order chi connectivity index (χ0) is 20.6. The third kappa shape index (κ3) is 3.86. The number of rotatable bonds is 6. The molecule has 0 unspecified atom stereocenters. The Kier molecular flexibility index (Phi) is 5.31. The summed E-state index contributed by atoms with van der Waals surface area (Å²) in [6, 6.07) is 8.40. The molecule has 1 saturated heterocycles. The van der Waals surface area contributed by atoms with Crippen molar-refractivity contribution in [3.05, 3.63) is 53.5 Å². The molecular formula is C21H24N2O5S. The molecule has 1 N–H and O–H groups in total. The first-order valence-electron chi connectivity index (χ1n) is 9.83. The van der Waals surface area contributed by atoms with Crippen LogP contribution in [0.3, 0.4) is 0 Å². The molecule has 2 aromatic rings. The maximum Gasteiger partial charge on any atom is 0.241 e. The number of aryl methyl sites for hydroxylation is 1. The van der Waals surface area contributed by atoms with Gasteiger partial charge in [-0.2, -0.15) is 0 Å². The third-order valence-corrected chi connectivity index (χ3v) is 7.37.